The van der Waals surface area contributed by atoms with E-state index in [0.29, 0.717) is 36.4 Å². The van der Waals surface area contributed by atoms with Crippen LogP contribution in [0.25, 0.3) is 5.69 Å². The van der Waals surface area contributed by atoms with Gasteiger partial charge in [0.05, 0.1) is 24.6 Å². The van der Waals surface area contributed by atoms with Crippen LogP contribution in [0.5, 0.6) is 0 Å². The van der Waals surface area contributed by atoms with Gasteiger partial charge < -0.3 is 9.80 Å². The van der Waals surface area contributed by atoms with Crippen LogP contribution in [0.1, 0.15) is 49.3 Å². The first-order valence-electron chi connectivity index (χ1n) is 11.2. The van der Waals surface area contributed by atoms with Crippen molar-refractivity contribution in [2.75, 3.05) is 18.0 Å². The molecule has 3 aromatic rings. The molecule has 1 amide bonds. The van der Waals surface area contributed by atoms with Crippen molar-refractivity contribution in [1.29, 1.82) is 0 Å². The van der Waals surface area contributed by atoms with Crippen molar-refractivity contribution in [3.63, 3.8) is 0 Å². The molecule has 10 heteroatoms. The topological polar surface area (TPSA) is 80.0 Å². The summed E-state index contributed by atoms with van der Waals surface area (Å²) in [5.41, 5.74) is 2.21. The fourth-order valence-corrected chi connectivity index (χ4v) is 5.69. The van der Waals surface area contributed by atoms with Crippen LogP contribution in [0.2, 0.25) is 5.02 Å². The van der Waals surface area contributed by atoms with Crippen molar-refractivity contribution in [2.45, 2.75) is 45.2 Å². The number of hydrogen-bond acceptors (Lipinski definition) is 6. The lowest BCUT2D eigenvalue weighted by Crippen LogP contribution is -2.62. The second-order valence-corrected chi connectivity index (χ2v) is 9.79. The Kier molecular flexibility index (Phi) is 4.65. The minimum absolute atomic E-state index is 0.0825. The Morgan fingerprint density at radius 2 is 1.94 bits per heavy atom. The number of carbonyl (C=O) groups is 1. The minimum Gasteiger partial charge on any atom is -0.340 e. The summed E-state index contributed by atoms with van der Waals surface area (Å²) in [6.07, 6.45) is 4.86. The molecule has 0 unspecified atom stereocenters. The fraction of sp³-hybridized carbons (Fsp3) is 0.435. The molecule has 1 saturated carbocycles. The Hall–Kier alpha value is -3.07. The van der Waals surface area contributed by atoms with Gasteiger partial charge in [0.25, 0.3) is 0 Å². The van der Waals surface area contributed by atoms with Gasteiger partial charge in [-0.15, -0.1) is 10.2 Å². The largest absolute Gasteiger partial charge is 0.340 e. The first kappa shape index (κ1) is 20.5. The van der Waals surface area contributed by atoms with Gasteiger partial charge in [0.15, 0.2) is 11.6 Å². The maximum Gasteiger partial charge on any atom is 0.225 e. The Labute approximate surface area is 195 Å². The van der Waals surface area contributed by atoms with Crippen LogP contribution in [0.3, 0.4) is 0 Å². The average molecular weight is 468 g/mol. The van der Waals surface area contributed by atoms with Gasteiger partial charge in [0, 0.05) is 42.4 Å². The van der Waals surface area contributed by atoms with Gasteiger partial charge in [0.2, 0.25) is 11.9 Å². The summed E-state index contributed by atoms with van der Waals surface area (Å²) in [4.78, 5) is 24.6. The van der Waals surface area contributed by atoms with Crippen LogP contribution in [0.15, 0.2) is 30.6 Å². The molecule has 1 aliphatic carbocycles. The van der Waals surface area contributed by atoms with Crippen LogP contribution in [0, 0.1) is 11.2 Å². The molecule has 170 valence electrons. The molecule has 4 heterocycles. The summed E-state index contributed by atoms with van der Waals surface area (Å²) in [5.74, 6) is 2.25. The van der Waals surface area contributed by atoms with Crippen molar-refractivity contribution in [3.05, 3.63) is 58.6 Å². The van der Waals surface area contributed by atoms with Gasteiger partial charge in [-0.2, -0.15) is 0 Å². The van der Waals surface area contributed by atoms with Gasteiger partial charge in [-0.1, -0.05) is 18.5 Å². The zero-order valence-corrected chi connectivity index (χ0v) is 19.0. The lowest BCUT2D eigenvalue weighted by atomic mass is 9.57. The zero-order valence-electron chi connectivity index (χ0n) is 18.2. The number of rotatable bonds is 3. The average Bonchev–Trinajstić information content (AvgIpc) is 3.07. The second kappa shape index (κ2) is 7.48. The highest BCUT2D eigenvalue weighted by atomic mass is 35.5. The number of nitrogens with zero attached hydrogens (tertiary/aromatic N) is 7. The first-order chi connectivity index (χ1) is 15.9. The van der Waals surface area contributed by atoms with E-state index in [-0.39, 0.29) is 11.3 Å². The summed E-state index contributed by atoms with van der Waals surface area (Å²) >= 11 is 6.29. The molecule has 6 rings (SSSR count). The molecule has 1 saturated heterocycles. The molecule has 1 spiro atoms. The van der Waals surface area contributed by atoms with Crippen LogP contribution < -0.4 is 4.90 Å². The van der Waals surface area contributed by atoms with Gasteiger partial charge in [0.1, 0.15) is 5.82 Å². The highest BCUT2D eigenvalue weighted by molar-refractivity contribution is 6.30. The maximum atomic E-state index is 13.1. The summed E-state index contributed by atoms with van der Waals surface area (Å²) in [6, 6.07) is 5.81. The predicted octanol–water partition coefficient (Wildman–Crippen LogP) is 3.49. The van der Waals surface area contributed by atoms with Gasteiger partial charge in [-0.3, -0.25) is 9.36 Å². The van der Waals surface area contributed by atoms with E-state index in [0.717, 1.165) is 48.8 Å². The number of fused-ring (bicyclic) bond motifs is 3. The molecule has 0 radical (unpaired) electrons. The summed E-state index contributed by atoms with van der Waals surface area (Å²) in [6.45, 7) is 4.53. The Balaban J connectivity index is 1.25. The zero-order chi connectivity index (χ0) is 22.7. The van der Waals surface area contributed by atoms with Crippen molar-refractivity contribution in [2.24, 2.45) is 5.41 Å². The SMILES string of the molecule is CCC(=O)N1Cc2cc(Cl)ccc2-n2c(nnc2C2CC3(C2)CN(c2ncc(F)cn2)C3)C1. The summed E-state index contributed by atoms with van der Waals surface area (Å²) in [7, 11) is 0. The lowest BCUT2D eigenvalue weighted by Gasteiger charge is -2.58. The predicted molar refractivity (Wildman–Crippen MR) is 120 cm³/mol. The Morgan fingerprint density at radius 1 is 1.18 bits per heavy atom. The van der Waals surface area contributed by atoms with Gasteiger partial charge in [-0.05, 0) is 36.6 Å². The van der Waals surface area contributed by atoms with Crippen LogP contribution in [-0.4, -0.2) is 48.6 Å². The molecular weight excluding hydrogens is 445 g/mol. The Bertz CT molecular complexity index is 1230. The normalized spacial score (nSPS) is 18.9. The quantitative estimate of drug-likeness (QED) is 0.586. The van der Waals surface area contributed by atoms with E-state index in [2.05, 4.69) is 29.6 Å². The monoisotopic (exact) mass is 467 g/mol. The number of carbonyl (C=O) groups excluding carboxylic acids is 1. The molecular formula is C23H23ClFN7O. The highest BCUT2D eigenvalue weighted by Gasteiger charge is 2.54. The molecule has 8 nitrogen and oxygen atoms in total. The molecule has 0 N–H and O–H groups in total. The van der Waals surface area contributed by atoms with E-state index in [1.165, 1.54) is 12.4 Å². The lowest BCUT2D eigenvalue weighted by molar-refractivity contribution is -0.132. The molecule has 1 aromatic carbocycles. The van der Waals surface area contributed by atoms with Crippen LogP contribution in [0.4, 0.5) is 10.3 Å². The van der Waals surface area contributed by atoms with E-state index in [1.54, 1.807) is 0 Å². The fourth-order valence-electron chi connectivity index (χ4n) is 5.49. The third-order valence-electron chi connectivity index (χ3n) is 7.05. The molecule has 33 heavy (non-hydrogen) atoms. The standard InChI is InChI=1S/C23H23ClFN7O/c1-2-20(33)30-10-14-5-16(24)3-4-18(14)32-19(11-30)28-29-21(32)15-6-23(7-15)12-31(13-23)22-26-8-17(25)9-27-22/h3-5,8-9,15H,2,6-7,10-13H2,1H3. The first-order valence-corrected chi connectivity index (χ1v) is 11.6. The van der Waals surface area contributed by atoms with E-state index >= 15 is 0 Å². The van der Waals surface area contributed by atoms with Gasteiger partial charge >= 0.3 is 0 Å². The number of benzene rings is 1. The number of aromatic nitrogens is 5. The van der Waals surface area contributed by atoms with E-state index < -0.39 is 5.82 Å². The van der Waals surface area contributed by atoms with Crippen LogP contribution >= 0.6 is 11.6 Å². The third-order valence-corrected chi connectivity index (χ3v) is 7.29. The minimum atomic E-state index is -0.425. The number of anilines is 1. The Morgan fingerprint density at radius 3 is 2.67 bits per heavy atom. The van der Waals surface area contributed by atoms with Crippen molar-refractivity contribution in [1.82, 2.24) is 29.6 Å². The smallest absolute Gasteiger partial charge is 0.225 e. The third kappa shape index (κ3) is 3.37. The number of amides is 1. The molecule has 2 fully saturated rings. The molecule has 2 aromatic heterocycles. The van der Waals surface area contributed by atoms with Gasteiger partial charge in [-0.25, -0.2) is 14.4 Å². The van der Waals surface area contributed by atoms with E-state index in [4.69, 9.17) is 11.6 Å². The number of halogens is 2. The van der Waals surface area contributed by atoms with E-state index in [9.17, 15) is 9.18 Å². The number of hydrogen-bond donors (Lipinski definition) is 0. The van der Waals surface area contributed by atoms with Crippen LogP contribution in [-0.2, 0) is 17.9 Å². The van der Waals surface area contributed by atoms with Crippen molar-refractivity contribution < 1.29 is 9.18 Å². The van der Waals surface area contributed by atoms with Crippen molar-refractivity contribution >= 4 is 23.5 Å². The van der Waals surface area contributed by atoms with Crippen molar-refractivity contribution in [3.8, 4) is 5.69 Å². The summed E-state index contributed by atoms with van der Waals surface area (Å²) in [5, 5.41) is 9.71. The molecule has 3 aliphatic rings. The maximum absolute atomic E-state index is 13.1. The second-order valence-electron chi connectivity index (χ2n) is 9.35. The molecule has 0 bridgehead atoms. The summed E-state index contributed by atoms with van der Waals surface area (Å²) < 4.78 is 15.2. The molecule has 2 aliphatic heterocycles. The molecule has 0 atom stereocenters. The van der Waals surface area contributed by atoms with E-state index in [1.807, 2.05) is 30.0 Å². The highest BCUT2D eigenvalue weighted by Crippen LogP contribution is 2.56.